The Hall–Kier alpha value is -0.720. The smallest absolute Gasteiger partial charge is 0.0118 e. The molecule has 0 bridgehead atoms. The molecule has 1 heteroatoms. The highest BCUT2D eigenvalue weighted by Crippen LogP contribution is 1.97. The molecule has 11 heavy (non-hydrogen) atoms. The van der Waals surface area contributed by atoms with Crippen LogP contribution in [0.2, 0.25) is 0 Å². The first-order chi connectivity index (χ1) is 5.29. The third-order valence-electron chi connectivity index (χ3n) is 0.972. The number of aromatic amines is 1. The quantitative estimate of drug-likeness (QED) is 0.588. The van der Waals surface area contributed by atoms with Crippen LogP contribution in [0.4, 0.5) is 0 Å². The minimum atomic E-state index is 1.23. The fourth-order valence-electron chi connectivity index (χ4n) is 0.653. The number of nitrogens with one attached hydrogen (secondary N) is 1. The van der Waals surface area contributed by atoms with Gasteiger partial charge in [-0.15, -0.1) is 0 Å². The molecule has 1 nitrogen and oxygen atoms in total. The Morgan fingerprint density at radius 1 is 1.00 bits per heavy atom. The second kappa shape index (κ2) is 9.28. The van der Waals surface area contributed by atoms with E-state index in [0.717, 1.165) is 0 Å². The molecule has 1 aromatic rings. The van der Waals surface area contributed by atoms with Crippen LogP contribution in [0.3, 0.4) is 0 Å². The number of rotatable bonds is 0. The maximum Gasteiger partial charge on any atom is 0.0118 e. The lowest BCUT2D eigenvalue weighted by Gasteiger charge is -1.71. The van der Waals surface area contributed by atoms with Crippen molar-refractivity contribution in [3.8, 4) is 0 Å². The Morgan fingerprint density at radius 3 is 1.55 bits per heavy atom. The highest BCUT2D eigenvalue weighted by Gasteiger charge is 1.82. The minimum absolute atomic E-state index is 1.23. The van der Waals surface area contributed by atoms with Gasteiger partial charge in [0.2, 0.25) is 0 Å². The van der Waals surface area contributed by atoms with Crippen LogP contribution in [0.1, 0.15) is 39.0 Å². The number of hydrogen-bond donors (Lipinski definition) is 1. The molecule has 0 atom stereocenters. The average Bonchev–Trinajstić information content (AvgIpc) is 2.43. The molecule has 0 spiro atoms. The van der Waals surface area contributed by atoms with Crippen molar-refractivity contribution < 1.29 is 0 Å². The molecule has 1 rings (SSSR count). The van der Waals surface area contributed by atoms with Crippen molar-refractivity contribution in [3.05, 3.63) is 23.5 Å². The van der Waals surface area contributed by atoms with Crippen molar-refractivity contribution in [1.82, 2.24) is 4.98 Å². The average molecular weight is 155 g/mol. The molecule has 0 aliphatic carbocycles. The lowest BCUT2D eigenvalue weighted by Crippen LogP contribution is -1.59. The Labute approximate surface area is 70.8 Å². The van der Waals surface area contributed by atoms with Crippen LogP contribution in [-0.2, 0) is 0 Å². The summed E-state index contributed by atoms with van der Waals surface area (Å²) >= 11 is 0. The topological polar surface area (TPSA) is 15.8 Å². The maximum absolute atomic E-state index is 3.07. The van der Waals surface area contributed by atoms with Crippen LogP contribution in [0, 0.1) is 13.8 Å². The Kier molecular flexibility index (Phi) is 10.9. The lowest BCUT2D eigenvalue weighted by atomic mass is 10.4. The van der Waals surface area contributed by atoms with Crippen LogP contribution < -0.4 is 0 Å². The van der Waals surface area contributed by atoms with Gasteiger partial charge in [0.25, 0.3) is 0 Å². The summed E-state index contributed by atoms with van der Waals surface area (Å²) in [5, 5.41) is 0. The van der Waals surface area contributed by atoms with E-state index >= 15 is 0 Å². The molecule has 0 aliphatic heterocycles. The zero-order valence-corrected chi connectivity index (χ0v) is 8.65. The summed E-state index contributed by atoms with van der Waals surface area (Å²) in [7, 11) is 0. The van der Waals surface area contributed by atoms with Crippen LogP contribution in [0.15, 0.2) is 12.3 Å². The number of aromatic nitrogens is 1. The van der Waals surface area contributed by atoms with Gasteiger partial charge in [0, 0.05) is 11.9 Å². The monoisotopic (exact) mass is 155 g/mol. The second-order valence-corrected chi connectivity index (χ2v) is 1.86. The standard InChI is InChI=1S/C6H9N.2C2H6/c1-5-3-6(2)7-4-5;2*1-2/h3-4,7H,1-2H3;2*1-2H3. The fourth-order valence-corrected chi connectivity index (χ4v) is 0.653. The molecule has 0 saturated carbocycles. The van der Waals surface area contributed by atoms with Gasteiger partial charge in [-0.05, 0) is 25.5 Å². The summed E-state index contributed by atoms with van der Waals surface area (Å²) < 4.78 is 0. The van der Waals surface area contributed by atoms with Gasteiger partial charge in [-0.2, -0.15) is 0 Å². The fraction of sp³-hybridized carbons (Fsp3) is 0.600. The highest BCUT2D eigenvalue weighted by atomic mass is 14.7. The zero-order chi connectivity index (χ0) is 9.28. The largest absolute Gasteiger partial charge is 0.365 e. The molecular weight excluding hydrogens is 134 g/mol. The molecule has 0 unspecified atom stereocenters. The van der Waals surface area contributed by atoms with Crippen LogP contribution in [-0.4, -0.2) is 4.98 Å². The van der Waals surface area contributed by atoms with E-state index in [1.165, 1.54) is 11.3 Å². The molecule has 0 saturated heterocycles. The van der Waals surface area contributed by atoms with Gasteiger partial charge in [0.1, 0.15) is 0 Å². The first-order valence-electron chi connectivity index (χ1n) is 4.40. The molecule has 0 radical (unpaired) electrons. The number of H-pyrrole nitrogens is 1. The van der Waals surface area contributed by atoms with E-state index in [9.17, 15) is 0 Å². The molecular formula is C10H21N. The summed E-state index contributed by atoms with van der Waals surface area (Å²) in [4.78, 5) is 3.07. The van der Waals surface area contributed by atoms with E-state index < -0.39 is 0 Å². The lowest BCUT2D eigenvalue weighted by molar-refractivity contribution is 1.26. The molecule has 0 fully saturated rings. The molecule has 66 valence electrons. The summed E-state index contributed by atoms with van der Waals surface area (Å²) in [6.45, 7) is 12.1. The number of aryl methyl sites for hydroxylation is 2. The second-order valence-electron chi connectivity index (χ2n) is 1.86. The normalized spacial score (nSPS) is 7.09. The maximum atomic E-state index is 3.07. The van der Waals surface area contributed by atoms with Crippen molar-refractivity contribution in [2.75, 3.05) is 0 Å². The molecule has 0 amide bonds. The molecule has 0 aliphatic rings. The predicted molar refractivity (Wildman–Crippen MR) is 53.0 cm³/mol. The first kappa shape index (κ1) is 12.9. The van der Waals surface area contributed by atoms with E-state index in [1.54, 1.807) is 0 Å². The van der Waals surface area contributed by atoms with Gasteiger partial charge in [-0.3, -0.25) is 0 Å². The summed E-state index contributed by atoms with van der Waals surface area (Å²) in [6.07, 6.45) is 2.00. The van der Waals surface area contributed by atoms with Crippen LogP contribution in [0.5, 0.6) is 0 Å². The van der Waals surface area contributed by atoms with Crippen LogP contribution >= 0.6 is 0 Å². The SMILES string of the molecule is CC.CC.Cc1c[nH]c(C)c1. The summed E-state index contributed by atoms with van der Waals surface area (Å²) in [6, 6.07) is 2.11. The first-order valence-corrected chi connectivity index (χ1v) is 4.40. The van der Waals surface area contributed by atoms with E-state index in [-0.39, 0.29) is 0 Å². The van der Waals surface area contributed by atoms with E-state index in [1.807, 2.05) is 40.8 Å². The van der Waals surface area contributed by atoms with E-state index in [2.05, 4.69) is 18.0 Å². The molecule has 1 N–H and O–H groups in total. The van der Waals surface area contributed by atoms with Crippen molar-refractivity contribution in [2.24, 2.45) is 0 Å². The molecule has 1 heterocycles. The summed E-state index contributed by atoms with van der Waals surface area (Å²) in [5.41, 5.74) is 2.54. The summed E-state index contributed by atoms with van der Waals surface area (Å²) in [5.74, 6) is 0. The Balaban J connectivity index is 0. The molecule has 0 aromatic carbocycles. The van der Waals surface area contributed by atoms with Crippen molar-refractivity contribution in [3.63, 3.8) is 0 Å². The van der Waals surface area contributed by atoms with E-state index in [4.69, 9.17) is 0 Å². The van der Waals surface area contributed by atoms with Crippen molar-refractivity contribution in [1.29, 1.82) is 0 Å². The van der Waals surface area contributed by atoms with Gasteiger partial charge in [0.15, 0.2) is 0 Å². The third kappa shape index (κ3) is 7.17. The van der Waals surface area contributed by atoms with Crippen LogP contribution in [0.25, 0.3) is 0 Å². The minimum Gasteiger partial charge on any atom is -0.365 e. The van der Waals surface area contributed by atoms with Gasteiger partial charge in [-0.25, -0.2) is 0 Å². The Bertz CT molecular complexity index is 137. The van der Waals surface area contributed by atoms with Gasteiger partial charge >= 0.3 is 0 Å². The third-order valence-corrected chi connectivity index (χ3v) is 0.972. The predicted octanol–water partition coefficient (Wildman–Crippen LogP) is 3.68. The van der Waals surface area contributed by atoms with Gasteiger partial charge in [-0.1, -0.05) is 27.7 Å². The van der Waals surface area contributed by atoms with Crippen molar-refractivity contribution >= 4 is 0 Å². The van der Waals surface area contributed by atoms with E-state index in [0.29, 0.717) is 0 Å². The highest BCUT2D eigenvalue weighted by molar-refractivity contribution is 5.12. The molecule has 1 aromatic heterocycles. The Morgan fingerprint density at radius 2 is 1.45 bits per heavy atom. The van der Waals surface area contributed by atoms with Gasteiger partial charge < -0.3 is 4.98 Å². The number of hydrogen-bond acceptors (Lipinski definition) is 0. The zero-order valence-electron chi connectivity index (χ0n) is 8.65. The van der Waals surface area contributed by atoms with Gasteiger partial charge in [0.05, 0.1) is 0 Å². The van der Waals surface area contributed by atoms with Crippen molar-refractivity contribution in [2.45, 2.75) is 41.5 Å².